The first kappa shape index (κ1) is 20.1. The molecule has 0 bridgehead atoms. The van der Waals surface area contributed by atoms with E-state index in [1.807, 2.05) is 6.20 Å². The van der Waals surface area contributed by atoms with Crippen LogP contribution in [0.25, 0.3) is 11.1 Å². The lowest BCUT2D eigenvalue weighted by Crippen LogP contribution is -2.36. The van der Waals surface area contributed by atoms with Crippen molar-refractivity contribution in [2.75, 3.05) is 6.54 Å². The Hall–Kier alpha value is -2.86. The van der Waals surface area contributed by atoms with Crippen molar-refractivity contribution in [1.29, 1.82) is 0 Å². The van der Waals surface area contributed by atoms with Gasteiger partial charge in [0.05, 0.1) is 11.3 Å². The number of aromatic nitrogens is 3. The van der Waals surface area contributed by atoms with Gasteiger partial charge in [0, 0.05) is 49.9 Å². The average Bonchev–Trinajstić information content (AvgIpc) is 2.81. The van der Waals surface area contributed by atoms with Gasteiger partial charge in [-0.2, -0.15) is 0 Å². The smallest absolute Gasteiger partial charge is 0.255 e. The normalized spacial score (nSPS) is 17.5. The highest BCUT2D eigenvalue weighted by Gasteiger charge is 2.24. The SMILES string of the molecule is O=c1[nH]c(C2CCCCC2)nc2c1CN(Cc1cncc(-c3ccc(F)cc3)c1)CC2. The van der Waals surface area contributed by atoms with Crippen LogP contribution in [0.5, 0.6) is 0 Å². The van der Waals surface area contributed by atoms with Crippen LogP contribution in [0, 0.1) is 5.82 Å². The molecule has 0 amide bonds. The molecule has 6 heteroatoms. The van der Waals surface area contributed by atoms with Crippen LogP contribution in [0.1, 0.15) is 60.7 Å². The molecule has 1 N–H and O–H groups in total. The lowest BCUT2D eigenvalue weighted by atomic mass is 9.88. The summed E-state index contributed by atoms with van der Waals surface area (Å²) in [5.41, 5.74) is 4.77. The number of hydrogen-bond acceptors (Lipinski definition) is 4. The molecule has 1 aliphatic heterocycles. The molecule has 160 valence electrons. The van der Waals surface area contributed by atoms with Crippen LogP contribution >= 0.6 is 0 Å². The van der Waals surface area contributed by atoms with E-state index in [2.05, 4.69) is 20.9 Å². The minimum Gasteiger partial charge on any atom is -0.310 e. The fourth-order valence-corrected chi connectivity index (χ4v) is 4.84. The van der Waals surface area contributed by atoms with E-state index >= 15 is 0 Å². The zero-order valence-electron chi connectivity index (χ0n) is 17.6. The van der Waals surface area contributed by atoms with Crippen molar-refractivity contribution >= 4 is 0 Å². The first-order chi connectivity index (χ1) is 15.2. The number of benzene rings is 1. The number of aromatic amines is 1. The molecule has 1 aromatic carbocycles. The van der Waals surface area contributed by atoms with Gasteiger partial charge in [0.25, 0.3) is 5.56 Å². The van der Waals surface area contributed by atoms with Crippen molar-refractivity contribution < 1.29 is 4.39 Å². The van der Waals surface area contributed by atoms with Crippen molar-refractivity contribution in [2.45, 2.75) is 57.5 Å². The summed E-state index contributed by atoms with van der Waals surface area (Å²) >= 11 is 0. The molecule has 0 unspecified atom stereocenters. The third kappa shape index (κ3) is 4.44. The standard InChI is InChI=1S/C25H27FN4O/c26-21-8-6-18(7-9-21)20-12-17(13-27-14-20)15-30-11-10-23-22(16-30)25(31)29-24(28-23)19-4-2-1-3-5-19/h6-9,12-14,19H,1-5,10-11,15-16H2,(H,28,29,31). The molecule has 0 saturated heterocycles. The number of hydrogen-bond donors (Lipinski definition) is 1. The van der Waals surface area contributed by atoms with Gasteiger partial charge in [0.15, 0.2) is 0 Å². The number of pyridine rings is 1. The summed E-state index contributed by atoms with van der Waals surface area (Å²) < 4.78 is 13.2. The van der Waals surface area contributed by atoms with E-state index < -0.39 is 0 Å². The van der Waals surface area contributed by atoms with Gasteiger partial charge in [0.2, 0.25) is 0 Å². The largest absolute Gasteiger partial charge is 0.310 e. The zero-order valence-corrected chi connectivity index (χ0v) is 17.6. The van der Waals surface area contributed by atoms with Crippen LogP contribution in [-0.4, -0.2) is 26.4 Å². The third-order valence-corrected chi connectivity index (χ3v) is 6.54. The van der Waals surface area contributed by atoms with Crippen molar-refractivity contribution in [3.63, 3.8) is 0 Å². The summed E-state index contributed by atoms with van der Waals surface area (Å²) in [4.78, 5) is 27.4. The second-order valence-electron chi connectivity index (χ2n) is 8.76. The Labute approximate surface area is 181 Å². The quantitative estimate of drug-likeness (QED) is 0.674. The van der Waals surface area contributed by atoms with Crippen LogP contribution in [-0.2, 0) is 19.5 Å². The Bertz CT molecular complexity index is 1120. The van der Waals surface area contributed by atoms with Crippen molar-refractivity contribution in [3.8, 4) is 11.1 Å². The van der Waals surface area contributed by atoms with Gasteiger partial charge in [-0.15, -0.1) is 0 Å². The summed E-state index contributed by atoms with van der Waals surface area (Å²) in [6, 6.07) is 8.55. The van der Waals surface area contributed by atoms with Gasteiger partial charge in [-0.05, 0) is 42.2 Å². The number of halogens is 1. The molecule has 2 aliphatic rings. The van der Waals surface area contributed by atoms with Gasteiger partial charge in [0.1, 0.15) is 11.6 Å². The fourth-order valence-electron chi connectivity index (χ4n) is 4.84. The highest BCUT2D eigenvalue weighted by Crippen LogP contribution is 2.31. The molecule has 0 radical (unpaired) electrons. The Morgan fingerprint density at radius 1 is 1.06 bits per heavy atom. The van der Waals surface area contributed by atoms with Gasteiger partial charge >= 0.3 is 0 Å². The zero-order chi connectivity index (χ0) is 21.2. The summed E-state index contributed by atoms with van der Waals surface area (Å²) in [5, 5.41) is 0. The molecule has 0 spiro atoms. The summed E-state index contributed by atoms with van der Waals surface area (Å²) in [7, 11) is 0. The van der Waals surface area contributed by atoms with Crippen molar-refractivity contribution in [1.82, 2.24) is 19.9 Å². The highest BCUT2D eigenvalue weighted by molar-refractivity contribution is 5.62. The van der Waals surface area contributed by atoms with E-state index in [0.29, 0.717) is 19.0 Å². The Morgan fingerprint density at radius 2 is 1.87 bits per heavy atom. The van der Waals surface area contributed by atoms with Crippen LogP contribution in [0.15, 0.2) is 47.5 Å². The lowest BCUT2D eigenvalue weighted by Gasteiger charge is -2.29. The number of fused-ring (bicyclic) bond motifs is 1. The topological polar surface area (TPSA) is 61.9 Å². The van der Waals surface area contributed by atoms with Crippen LogP contribution in [0.2, 0.25) is 0 Å². The average molecular weight is 419 g/mol. The predicted molar refractivity (Wildman–Crippen MR) is 118 cm³/mol. The molecular formula is C25H27FN4O. The molecule has 31 heavy (non-hydrogen) atoms. The fraction of sp³-hybridized carbons (Fsp3) is 0.400. The second kappa shape index (κ2) is 8.71. The molecule has 1 saturated carbocycles. The Kier molecular flexibility index (Phi) is 5.64. The van der Waals surface area contributed by atoms with E-state index in [1.165, 1.54) is 31.4 Å². The number of nitrogens with zero attached hydrogens (tertiary/aromatic N) is 3. The van der Waals surface area contributed by atoms with Gasteiger partial charge in [-0.25, -0.2) is 9.37 Å². The monoisotopic (exact) mass is 418 g/mol. The molecule has 5 nitrogen and oxygen atoms in total. The molecule has 1 fully saturated rings. The Morgan fingerprint density at radius 3 is 2.68 bits per heavy atom. The lowest BCUT2D eigenvalue weighted by molar-refractivity contribution is 0.240. The Balaban J connectivity index is 1.31. The van der Waals surface area contributed by atoms with Crippen molar-refractivity contribution in [2.24, 2.45) is 0 Å². The summed E-state index contributed by atoms with van der Waals surface area (Å²) in [6.07, 6.45) is 10.5. The molecular weight excluding hydrogens is 391 g/mol. The molecule has 0 atom stereocenters. The maximum Gasteiger partial charge on any atom is 0.255 e. The van der Waals surface area contributed by atoms with E-state index in [-0.39, 0.29) is 11.4 Å². The molecule has 3 heterocycles. The number of H-pyrrole nitrogens is 1. The van der Waals surface area contributed by atoms with E-state index in [1.54, 1.807) is 18.3 Å². The maximum absolute atomic E-state index is 13.2. The van der Waals surface area contributed by atoms with E-state index in [9.17, 15) is 9.18 Å². The highest BCUT2D eigenvalue weighted by atomic mass is 19.1. The minimum atomic E-state index is -0.245. The molecule has 2 aromatic heterocycles. The third-order valence-electron chi connectivity index (χ3n) is 6.54. The van der Waals surface area contributed by atoms with Gasteiger partial charge < -0.3 is 4.98 Å². The molecule has 1 aliphatic carbocycles. The number of rotatable bonds is 4. The maximum atomic E-state index is 13.2. The molecule has 3 aromatic rings. The molecule has 5 rings (SSSR count). The first-order valence-corrected chi connectivity index (χ1v) is 11.2. The van der Waals surface area contributed by atoms with Gasteiger partial charge in [-0.3, -0.25) is 14.7 Å². The van der Waals surface area contributed by atoms with Gasteiger partial charge in [-0.1, -0.05) is 31.4 Å². The van der Waals surface area contributed by atoms with E-state index in [4.69, 9.17) is 4.98 Å². The van der Waals surface area contributed by atoms with Crippen molar-refractivity contribution in [3.05, 3.63) is 81.5 Å². The second-order valence-corrected chi connectivity index (χ2v) is 8.76. The van der Waals surface area contributed by atoms with Crippen LogP contribution < -0.4 is 5.56 Å². The van der Waals surface area contributed by atoms with E-state index in [0.717, 1.165) is 59.6 Å². The van der Waals surface area contributed by atoms with Crippen LogP contribution in [0.4, 0.5) is 4.39 Å². The predicted octanol–water partition coefficient (Wildman–Crippen LogP) is 4.58. The van der Waals surface area contributed by atoms with Crippen LogP contribution in [0.3, 0.4) is 0 Å². The summed E-state index contributed by atoms with van der Waals surface area (Å²) in [6.45, 7) is 2.18. The minimum absolute atomic E-state index is 0.0217. The number of nitrogens with one attached hydrogen (secondary N) is 1. The summed E-state index contributed by atoms with van der Waals surface area (Å²) in [5.74, 6) is 1.06. The first-order valence-electron chi connectivity index (χ1n) is 11.2.